The predicted molar refractivity (Wildman–Crippen MR) is 70.5 cm³/mol. The molecule has 4 atom stereocenters. The fourth-order valence-corrected chi connectivity index (χ4v) is 4.07. The van der Waals surface area contributed by atoms with Crippen LogP contribution >= 0.6 is 0 Å². The van der Waals surface area contributed by atoms with Crippen molar-refractivity contribution < 1.29 is 0 Å². The number of nitrogens with one attached hydrogen (secondary N) is 1. The van der Waals surface area contributed by atoms with Crippen LogP contribution in [0.5, 0.6) is 0 Å². The Kier molecular flexibility index (Phi) is 3.63. The summed E-state index contributed by atoms with van der Waals surface area (Å²) in [6, 6.07) is 0.740. The first-order valence-corrected chi connectivity index (χ1v) is 7.15. The molecule has 16 heavy (non-hydrogen) atoms. The smallest absolute Gasteiger partial charge is 0.00717 e. The van der Waals surface area contributed by atoms with Gasteiger partial charge < -0.3 is 5.32 Å². The van der Waals surface area contributed by atoms with Crippen molar-refractivity contribution in [3.63, 3.8) is 0 Å². The van der Waals surface area contributed by atoms with E-state index in [1.165, 1.54) is 32.1 Å². The Labute approximate surface area is 101 Å². The van der Waals surface area contributed by atoms with Crippen LogP contribution in [0.4, 0.5) is 0 Å². The molecule has 0 aliphatic heterocycles. The van der Waals surface area contributed by atoms with Crippen LogP contribution in [0.1, 0.15) is 59.3 Å². The molecule has 2 aliphatic carbocycles. The zero-order valence-electron chi connectivity index (χ0n) is 11.6. The Bertz CT molecular complexity index is 228. The highest BCUT2D eigenvalue weighted by Crippen LogP contribution is 2.50. The molecule has 0 amide bonds. The van der Waals surface area contributed by atoms with Crippen LogP contribution in [0.2, 0.25) is 0 Å². The summed E-state index contributed by atoms with van der Waals surface area (Å²) in [7, 11) is 2.14. The van der Waals surface area contributed by atoms with E-state index < -0.39 is 0 Å². The maximum Gasteiger partial charge on any atom is 0.00717 e. The monoisotopic (exact) mass is 223 g/mol. The van der Waals surface area contributed by atoms with Gasteiger partial charge in [-0.3, -0.25) is 0 Å². The third-order valence-corrected chi connectivity index (χ3v) is 4.74. The van der Waals surface area contributed by atoms with E-state index in [1.54, 1.807) is 6.42 Å². The molecule has 0 aromatic heterocycles. The van der Waals surface area contributed by atoms with Gasteiger partial charge in [-0.25, -0.2) is 0 Å². The van der Waals surface area contributed by atoms with Crippen molar-refractivity contribution in [1.29, 1.82) is 0 Å². The van der Waals surface area contributed by atoms with Crippen molar-refractivity contribution in [2.75, 3.05) is 7.05 Å². The quantitative estimate of drug-likeness (QED) is 0.763. The highest BCUT2D eigenvalue weighted by Gasteiger charge is 2.40. The number of hydrogen-bond acceptors (Lipinski definition) is 1. The van der Waals surface area contributed by atoms with Gasteiger partial charge in [-0.2, -0.15) is 0 Å². The van der Waals surface area contributed by atoms with Crippen molar-refractivity contribution in [2.24, 2.45) is 23.2 Å². The molecule has 0 aromatic rings. The lowest BCUT2D eigenvalue weighted by Crippen LogP contribution is -2.33. The van der Waals surface area contributed by atoms with Crippen LogP contribution < -0.4 is 5.32 Å². The van der Waals surface area contributed by atoms with Gasteiger partial charge in [0.15, 0.2) is 0 Å². The molecule has 0 heterocycles. The second kappa shape index (κ2) is 4.68. The molecule has 0 spiro atoms. The molecule has 2 fully saturated rings. The van der Waals surface area contributed by atoms with Crippen molar-refractivity contribution in [3.8, 4) is 0 Å². The zero-order valence-corrected chi connectivity index (χ0v) is 11.6. The van der Waals surface area contributed by atoms with E-state index in [4.69, 9.17) is 0 Å². The highest BCUT2D eigenvalue weighted by atomic mass is 14.9. The lowest BCUT2D eigenvalue weighted by molar-refractivity contribution is 0.238. The SMILES string of the molecule is CNC(CC1CC2CCC1C2)CC(C)(C)C. The fourth-order valence-electron chi connectivity index (χ4n) is 4.07. The molecule has 0 saturated heterocycles. The van der Waals surface area contributed by atoms with Crippen molar-refractivity contribution in [3.05, 3.63) is 0 Å². The summed E-state index contributed by atoms with van der Waals surface area (Å²) in [5.41, 5.74) is 0.464. The average molecular weight is 223 g/mol. The van der Waals surface area contributed by atoms with E-state index in [9.17, 15) is 0 Å². The molecule has 2 aliphatic rings. The Morgan fingerprint density at radius 3 is 2.38 bits per heavy atom. The molecular weight excluding hydrogens is 194 g/mol. The summed E-state index contributed by atoms with van der Waals surface area (Å²) in [5.74, 6) is 3.22. The van der Waals surface area contributed by atoms with Crippen molar-refractivity contribution in [2.45, 2.75) is 65.3 Å². The van der Waals surface area contributed by atoms with Crippen LogP contribution in [0, 0.1) is 23.2 Å². The molecule has 1 nitrogen and oxygen atoms in total. The van der Waals surface area contributed by atoms with E-state index in [2.05, 4.69) is 33.1 Å². The van der Waals surface area contributed by atoms with Crippen LogP contribution in [-0.4, -0.2) is 13.1 Å². The van der Waals surface area contributed by atoms with Crippen LogP contribution in [-0.2, 0) is 0 Å². The van der Waals surface area contributed by atoms with E-state index in [0.29, 0.717) is 5.41 Å². The van der Waals surface area contributed by atoms with Crippen LogP contribution in [0.15, 0.2) is 0 Å². The van der Waals surface area contributed by atoms with Crippen molar-refractivity contribution in [1.82, 2.24) is 5.32 Å². The van der Waals surface area contributed by atoms with Gasteiger partial charge in [-0.1, -0.05) is 27.2 Å². The minimum atomic E-state index is 0.464. The minimum Gasteiger partial charge on any atom is -0.317 e. The van der Waals surface area contributed by atoms with E-state index in [-0.39, 0.29) is 0 Å². The molecule has 2 rings (SSSR count). The fraction of sp³-hybridized carbons (Fsp3) is 1.00. The van der Waals surface area contributed by atoms with Gasteiger partial charge in [0, 0.05) is 6.04 Å². The molecule has 0 aromatic carbocycles. The number of hydrogen-bond donors (Lipinski definition) is 1. The topological polar surface area (TPSA) is 12.0 Å². The second-order valence-electron chi connectivity index (χ2n) is 7.42. The third kappa shape index (κ3) is 3.00. The second-order valence-corrected chi connectivity index (χ2v) is 7.42. The Morgan fingerprint density at radius 1 is 1.19 bits per heavy atom. The predicted octanol–water partition coefficient (Wildman–Crippen LogP) is 3.84. The van der Waals surface area contributed by atoms with Gasteiger partial charge in [0.05, 0.1) is 0 Å². The molecule has 4 unspecified atom stereocenters. The Balaban J connectivity index is 1.83. The molecule has 1 heteroatoms. The van der Waals surface area contributed by atoms with Crippen LogP contribution in [0.25, 0.3) is 0 Å². The van der Waals surface area contributed by atoms with E-state index in [0.717, 1.165) is 23.8 Å². The standard InChI is InChI=1S/C15H29N/c1-15(2,3)10-14(16-4)9-13-8-11-5-6-12(13)7-11/h11-14,16H,5-10H2,1-4H3. The largest absolute Gasteiger partial charge is 0.317 e. The number of rotatable bonds is 4. The zero-order chi connectivity index (χ0) is 11.8. The third-order valence-electron chi connectivity index (χ3n) is 4.74. The van der Waals surface area contributed by atoms with Gasteiger partial charge in [0.2, 0.25) is 0 Å². The van der Waals surface area contributed by atoms with Gasteiger partial charge in [0.25, 0.3) is 0 Å². The van der Waals surface area contributed by atoms with E-state index >= 15 is 0 Å². The summed E-state index contributed by atoms with van der Waals surface area (Å²) in [4.78, 5) is 0. The minimum absolute atomic E-state index is 0.464. The van der Waals surface area contributed by atoms with E-state index in [1.807, 2.05) is 0 Å². The lowest BCUT2D eigenvalue weighted by Gasteiger charge is -2.30. The van der Waals surface area contributed by atoms with Gasteiger partial charge in [-0.05, 0) is 62.3 Å². The molecule has 2 bridgehead atoms. The number of fused-ring (bicyclic) bond motifs is 2. The first kappa shape index (κ1) is 12.4. The molecule has 1 N–H and O–H groups in total. The lowest BCUT2D eigenvalue weighted by atomic mass is 9.80. The molecule has 2 saturated carbocycles. The summed E-state index contributed by atoms with van der Waals surface area (Å²) in [6.07, 6.45) is 8.89. The summed E-state index contributed by atoms with van der Waals surface area (Å²) in [5, 5.41) is 3.54. The normalized spacial score (nSPS) is 35.6. The molecule has 94 valence electrons. The Morgan fingerprint density at radius 2 is 1.94 bits per heavy atom. The first-order valence-electron chi connectivity index (χ1n) is 7.15. The molecular formula is C15H29N. The van der Waals surface area contributed by atoms with Gasteiger partial charge >= 0.3 is 0 Å². The maximum atomic E-state index is 3.54. The summed E-state index contributed by atoms with van der Waals surface area (Å²) < 4.78 is 0. The highest BCUT2D eigenvalue weighted by molar-refractivity contribution is 4.92. The average Bonchev–Trinajstić information content (AvgIpc) is 2.75. The summed E-state index contributed by atoms with van der Waals surface area (Å²) >= 11 is 0. The van der Waals surface area contributed by atoms with Crippen molar-refractivity contribution >= 4 is 0 Å². The first-order chi connectivity index (χ1) is 7.48. The molecule has 0 radical (unpaired) electrons. The van der Waals surface area contributed by atoms with Crippen LogP contribution in [0.3, 0.4) is 0 Å². The maximum absolute atomic E-state index is 3.54. The van der Waals surface area contributed by atoms with Gasteiger partial charge in [-0.15, -0.1) is 0 Å². The van der Waals surface area contributed by atoms with Gasteiger partial charge in [0.1, 0.15) is 0 Å². The Hall–Kier alpha value is -0.0400. The summed E-state index contributed by atoms with van der Waals surface area (Å²) in [6.45, 7) is 7.08.